The third-order valence-electron chi connectivity index (χ3n) is 5.71. The molecular formula is C23H21N5O2. The van der Waals surface area contributed by atoms with Crippen molar-refractivity contribution in [2.75, 3.05) is 18.5 Å². The van der Waals surface area contributed by atoms with E-state index in [1.165, 1.54) is 0 Å². The largest absolute Gasteiger partial charge is 0.381 e. The van der Waals surface area contributed by atoms with Crippen molar-refractivity contribution in [3.8, 4) is 11.3 Å². The van der Waals surface area contributed by atoms with Gasteiger partial charge in [0.15, 0.2) is 5.65 Å². The van der Waals surface area contributed by atoms with Crippen LogP contribution >= 0.6 is 0 Å². The molecule has 150 valence electrons. The van der Waals surface area contributed by atoms with E-state index in [-0.39, 0.29) is 5.91 Å². The molecule has 0 radical (unpaired) electrons. The number of nitrogens with zero attached hydrogens (tertiary/aromatic N) is 4. The molecule has 1 aliphatic heterocycles. The Labute approximate surface area is 173 Å². The maximum atomic E-state index is 13.4. The second kappa shape index (κ2) is 7.68. The van der Waals surface area contributed by atoms with Crippen molar-refractivity contribution >= 4 is 17.2 Å². The summed E-state index contributed by atoms with van der Waals surface area (Å²) in [5.41, 5.74) is 3.69. The summed E-state index contributed by atoms with van der Waals surface area (Å²) in [5.74, 6) is 0.00813. The van der Waals surface area contributed by atoms with Crippen LogP contribution in [0.15, 0.2) is 73.1 Å². The molecule has 1 saturated heterocycles. The molecule has 4 aromatic rings. The highest BCUT2D eigenvalue weighted by atomic mass is 16.5. The fourth-order valence-corrected chi connectivity index (χ4v) is 3.98. The second-order valence-corrected chi connectivity index (χ2v) is 7.44. The summed E-state index contributed by atoms with van der Waals surface area (Å²) in [6.45, 7) is 1.16. The molecule has 0 bridgehead atoms. The lowest BCUT2D eigenvalue weighted by Crippen LogP contribution is -2.44. The van der Waals surface area contributed by atoms with E-state index in [2.05, 4.69) is 20.6 Å². The van der Waals surface area contributed by atoms with Gasteiger partial charge in [-0.1, -0.05) is 42.5 Å². The van der Waals surface area contributed by atoms with Crippen molar-refractivity contribution in [3.63, 3.8) is 0 Å². The Hall–Kier alpha value is -3.58. The monoisotopic (exact) mass is 399 g/mol. The minimum absolute atomic E-state index is 0.00813. The first-order valence-electron chi connectivity index (χ1n) is 9.97. The predicted octanol–water partition coefficient (Wildman–Crippen LogP) is 3.48. The van der Waals surface area contributed by atoms with Crippen LogP contribution in [0.4, 0.5) is 5.69 Å². The lowest BCUT2D eigenvalue weighted by atomic mass is 9.73. The first-order valence-corrected chi connectivity index (χ1v) is 9.97. The maximum Gasteiger partial charge on any atom is 0.235 e. The molecule has 1 amide bonds. The van der Waals surface area contributed by atoms with Gasteiger partial charge in [-0.25, -0.2) is 0 Å². The number of hydrogen-bond acceptors (Lipinski definition) is 5. The molecular weight excluding hydrogens is 378 g/mol. The maximum absolute atomic E-state index is 13.4. The standard InChI is InChI=1S/C23H21N5O2/c29-22(23(12-14-30-15-13-23)18-4-2-1-3-5-18)25-19-8-6-17(7-9-19)20-10-11-21-26-24-16-28(21)27-20/h1-11,16H,12-15H2,(H,25,29). The van der Waals surface area contributed by atoms with Crippen molar-refractivity contribution in [2.45, 2.75) is 18.3 Å². The Balaban J connectivity index is 1.38. The molecule has 1 N–H and O–H groups in total. The molecule has 2 aromatic heterocycles. The van der Waals surface area contributed by atoms with E-state index in [0.29, 0.717) is 31.7 Å². The Morgan fingerprint density at radius 2 is 1.73 bits per heavy atom. The number of carbonyl (C=O) groups is 1. The van der Waals surface area contributed by atoms with Crippen LogP contribution in [-0.4, -0.2) is 38.9 Å². The Morgan fingerprint density at radius 1 is 0.967 bits per heavy atom. The number of aromatic nitrogens is 4. The zero-order valence-corrected chi connectivity index (χ0v) is 16.4. The van der Waals surface area contributed by atoms with Crippen LogP contribution in [0.2, 0.25) is 0 Å². The fourth-order valence-electron chi connectivity index (χ4n) is 3.98. The van der Waals surface area contributed by atoms with E-state index in [1.54, 1.807) is 10.8 Å². The van der Waals surface area contributed by atoms with Crippen molar-refractivity contribution < 1.29 is 9.53 Å². The molecule has 7 nitrogen and oxygen atoms in total. The number of nitrogens with one attached hydrogen (secondary N) is 1. The highest BCUT2D eigenvalue weighted by molar-refractivity contribution is 5.99. The zero-order chi connectivity index (χ0) is 20.4. The lowest BCUT2D eigenvalue weighted by Gasteiger charge is -2.36. The van der Waals surface area contributed by atoms with Crippen molar-refractivity contribution in [2.24, 2.45) is 0 Å². The van der Waals surface area contributed by atoms with Crippen LogP contribution in [0.3, 0.4) is 0 Å². The summed E-state index contributed by atoms with van der Waals surface area (Å²) < 4.78 is 7.18. The van der Waals surface area contributed by atoms with E-state index >= 15 is 0 Å². The quantitative estimate of drug-likeness (QED) is 0.568. The number of carbonyl (C=O) groups excluding carboxylic acids is 1. The van der Waals surface area contributed by atoms with Gasteiger partial charge in [0, 0.05) is 24.5 Å². The molecule has 3 heterocycles. The van der Waals surface area contributed by atoms with Crippen LogP contribution in [0, 0.1) is 0 Å². The highest BCUT2D eigenvalue weighted by Gasteiger charge is 2.41. The summed E-state index contributed by atoms with van der Waals surface area (Å²) in [6.07, 6.45) is 2.91. The van der Waals surface area contributed by atoms with Crippen LogP contribution in [-0.2, 0) is 14.9 Å². The average molecular weight is 399 g/mol. The molecule has 5 rings (SSSR count). The third kappa shape index (κ3) is 3.33. The minimum Gasteiger partial charge on any atom is -0.381 e. The number of hydrogen-bond donors (Lipinski definition) is 1. The van der Waals surface area contributed by atoms with Crippen molar-refractivity contribution in [3.05, 3.63) is 78.6 Å². The van der Waals surface area contributed by atoms with Gasteiger partial charge in [0.2, 0.25) is 5.91 Å². The van der Waals surface area contributed by atoms with E-state index in [1.807, 2.05) is 66.7 Å². The van der Waals surface area contributed by atoms with E-state index in [4.69, 9.17) is 4.74 Å². The number of rotatable bonds is 4. The fraction of sp³-hybridized carbons (Fsp3) is 0.217. The summed E-state index contributed by atoms with van der Waals surface area (Å²) in [5, 5.41) is 15.4. The zero-order valence-electron chi connectivity index (χ0n) is 16.4. The molecule has 1 aliphatic rings. The molecule has 0 atom stereocenters. The van der Waals surface area contributed by atoms with Crippen LogP contribution in [0.1, 0.15) is 18.4 Å². The summed E-state index contributed by atoms with van der Waals surface area (Å²) in [4.78, 5) is 13.4. The van der Waals surface area contributed by atoms with Gasteiger partial charge in [-0.05, 0) is 42.7 Å². The highest BCUT2D eigenvalue weighted by Crippen LogP contribution is 2.36. The molecule has 0 saturated carbocycles. The van der Waals surface area contributed by atoms with Gasteiger partial charge in [0.25, 0.3) is 0 Å². The Bertz CT molecular complexity index is 1170. The van der Waals surface area contributed by atoms with Crippen LogP contribution in [0.5, 0.6) is 0 Å². The van der Waals surface area contributed by atoms with Gasteiger partial charge in [-0.2, -0.15) is 9.61 Å². The normalized spacial score (nSPS) is 15.7. The van der Waals surface area contributed by atoms with E-state index in [0.717, 1.165) is 22.5 Å². The van der Waals surface area contributed by atoms with Crippen molar-refractivity contribution in [1.29, 1.82) is 0 Å². The van der Waals surface area contributed by atoms with Gasteiger partial charge in [-0.3, -0.25) is 4.79 Å². The van der Waals surface area contributed by atoms with Gasteiger partial charge < -0.3 is 10.1 Å². The minimum atomic E-state index is -0.570. The summed E-state index contributed by atoms with van der Waals surface area (Å²) in [6, 6.07) is 21.5. The van der Waals surface area contributed by atoms with Gasteiger partial charge in [0.05, 0.1) is 11.1 Å². The van der Waals surface area contributed by atoms with Crippen molar-refractivity contribution in [1.82, 2.24) is 19.8 Å². The SMILES string of the molecule is O=C(Nc1ccc(-c2ccc3nncn3n2)cc1)C1(c2ccccc2)CCOCC1. The molecule has 7 heteroatoms. The lowest BCUT2D eigenvalue weighted by molar-refractivity contribution is -0.125. The molecule has 0 unspecified atom stereocenters. The number of fused-ring (bicyclic) bond motifs is 1. The van der Waals surface area contributed by atoms with E-state index in [9.17, 15) is 4.79 Å². The topological polar surface area (TPSA) is 81.4 Å². The Kier molecular flexibility index (Phi) is 4.72. The summed E-state index contributed by atoms with van der Waals surface area (Å²) in [7, 11) is 0. The third-order valence-corrected chi connectivity index (χ3v) is 5.71. The van der Waals surface area contributed by atoms with Crippen LogP contribution in [0.25, 0.3) is 16.9 Å². The molecule has 0 spiro atoms. The second-order valence-electron chi connectivity index (χ2n) is 7.44. The molecule has 2 aromatic carbocycles. The van der Waals surface area contributed by atoms with E-state index < -0.39 is 5.41 Å². The number of amides is 1. The first kappa shape index (κ1) is 18.4. The van der Waals surface area contributed by atoms with Gasteiger partial charge in [0.1, 0.15) is 6.33 Å². The molecule has 0 aliphatic carbocycles. The van der Waals surface area contributed by atoms with Crippen LogP contribution < -0.4 is 5.32 Å². The average Bonchev–Trinajstić information content (AvgIpc) is 3.28. The Morgan fingerprint density at radius 3 is 2.50 bits per heavy atom. The number of benzene rings is 2. The van der Waals surface area contributed by atoms with Gasteiger partial charge in [-0.15, -0.1) is 10.2 Å². The predicted molar refractivity (Wildman–Crippen MR) is 113 cm³/mol. The smallest absolute Gasteiger partial charge is 0.235 e. The number of anilines is 1. The molecule has 1 fully saturated rings. The summed E-state index contributed by atoms with van der Waals surface area (Å²) >= 11 is 0. The molecule has 30 heavy (non-hydrogen) atoms. The first-order chi connectivity index (χ1) is 14.7. The van der Waals surface area contributed by atoms with Gasteiger partial charge >= 0.3 is 0 Å². The number of ether oxygens (including phenoxy) is 1.